The number of carbonyl (C=O) groups is 1. The summed E-state index contributed by atoms with van der Waals surface area (Å²) in [4.78, 5) is 20.0. The van der Waals surface area contributed by atoms with Gasteiger partial charge in [-0.15, -0.1) is 0 Å². The lowest BCUT2D eigenvalue weighted by Crippen LogP contribution is -2.22. The monoisotopic (exact) mass is 447 g/mol. The van der Waals surface area contributed by atoms with Gasteiger partial charge in [0.2, 0.25) is 0 Å². The van der Waals surface area contributed by atoms with E-state index in [2.05, 4.69) is 42.6 Å². The van der Waals surface area contributed by atoms with E-state index in [9.17, 15) is 4.79 Å². The number of aromatic nitrogens is 3. The van der Waals surface area contributed by atoms with Crippen LogP contribution in [0.4, 0.5) is 10.6 Å². The average molecular weight is 448 g/mol. The number of amides is 1. The summed E-state index contributed by atoms with van der Waals surface area (Å²) in [5.74, 6) is 1.25. The lowest BCUT2D eigenvalue weighted by Gasteiger charge is -2.11. The molecule has 0 saturated carbocycles. The number of benzene rings is 2. The summed E-state index contributed by atoms with van der Waals surface area (Å²) in [6.45, 7) is 9.88. The van der Waals surface area contributed by atoms with Gasteiger partial charge in [-0.1, -0.05) is 76.2 Å². The minimum absolute atomic E-state index is 0.414. The maximum atomic E-state index is 10.6. The van der Waals surface area contributed by atoms with Crippen LogP contribution in [-0.2, 0) is 6.54 Å². The highest BCUT2D eigenvalue weighted by Gasteiger charge is 2.18. The quantitative estimate of drug-likeness (QED) is 0.317. The summed E-state index contributed by atoms with van der Waals surface area (Å²) in [7, 11) is 0. The molecule has 0 aliphatic heterocycles. The lowest BCUT2D eigenvalue weighted by molar-refractivity contribution is 0.194. The number of carboxylic acid groups (broad SMARTS) is 1. The van der Waals surface area contributed by atoms with Gasteiger partial charge in [0, 0.05) is 24.0 Å². The van der Waals surface area contributed by atoms with Crippen LogP contribution < -0.4 is 11.1 Å². The molecule has 4 N–H and O–H groups in total. The Bertz CT molecular complexity index is 1220. The highest BCUT2D eigenvalue weighted by molar-refractivity contribution is 6.07. The van der Waals surface area contributed by atoms with E-state index in [0.717, 1.165) is 40.6 Å². The number of rotatable bonds is 6. The van der Waals surface area contributed by atoms with Gasteiger partial charge in [-0.2, -0.15) is 0 Å². The Morgan fingerprint density at radius 3 is 2.30 bits per heavy atom. The predicted molar refractivity (Wildman–Crippen MR) is 135 cm³/mol. The summed E-state index contributed by atoms with van der Waals surface area (Å²) < 4.78 is 2.17. The zero-order valence-electron chi connectivity index (χ0n) is 19.8. The minimum Gasteiger partial charge on any atom is -0.465 e. The van der Waals surface area contributed by atoms with Crippen molar-refractivity contribution in [3.05, 3.63) is 54.6 Å². The first-order valence-electron chi connectivity index (χ1n) is 11.2. The Morgan fingerprint density at radius 2 is 1.64 bits per heavy atom. The molecule has 174 valence electrons. The van der Waals surface area contributed by atoms with Crippen molar-refractivity contribution in [3.63, 3.8) is 0 Å². The molecule has 1 amide bonds. The molecule has 2 aromatic carbocycles. The number of nitrogen functional groups attached to an aromatic ring is 1. The molecule has 0 saturated heterocycles. The Balaban J connectivity index is 0.000000555. The van der Waals surface area contributed by atoms with E-state index in [0.29, 0.717) is 29.8 Å². The van der Waals surface area contributed by atoms with Crippen molar-refractivity contribution < 1.29 is 9.90 Å². The molecule has 7 nitrogen and oxygen atoms in total. The summed E-state index contributed by atoms with van der Waals surface area (Å²) in [6.07, 6.45) is 0.545. The molecule has 2 aromatic heterocycles. The van der Waals surface area contributed by atoms with Crippen molar-refractivity contribution in [2.45, 2.75) is 47.1 Å². The van der Waals surface area contributed by atoms with E-state index in [1.54, 1.807) is 0 Å². The fourth-order valence-corrected chi connectivity index (χ4v) is 3.47. The van der Waals surface area contributed by atoms with Crippen LogP contribution in [0.15, 0.2) is 54.6 Å². The Morgan fingerprint density at radius 1 is 1.00 bits per heavy atom. The van der Waals surface area contributed by atoms with Gasteiger partial charge in [-0.3, -0.25) is 0 Å². The van der Waals surface area contributed by atoms with E-state index in [1.165, 1.54) is 0 Å². The van der Waals surface area contributed by atoms with Crippen molar-refractivity contribution in [2.24, 2.45) is 5.41 Å². The molecule has 0 aliphatic rings. The van der Waals surface area contributed by atoms with E-state index in [-0.39, 0.29) is 0 Å². The van der Waals surface area contributed by atoms with Crippen LogP contribution in [0.2, 0.25) is 0 Å². The molecule has 2 heterocycles. The zero-order chi connectivity index (χ0) is 24.0. The highest BCUT2D eigenvalue weighted by atomic mass is 16.4. The maximum Gasteiger partial charge on any atom is 0.404 e. The number of fused-ring (bicyclic) bond motifs is 3. The first-order valence-corrected chi connectivity index (χ1v) is 11.2. The second-order valence-corrected chi connectivity index (χ2v) is 9.60. The average Bonchev–Trinajstić information content (AvgIpc) is 3.13. The van der Waals surface area contributed by atoms with Gasteiger partial charge >= 0.3 is 6.09 Å². The predicted octanol–water partition coefficient (Wildman–Crippen LogP) is 5.93. The topological polar surface area (TPSA) is 106 Å². The molecule has 4 aromatic rings. The molecule has 0 unspecified atom stereocenters. The van der Waals surface area contributed by atoms with Crippen LogP contribution in [-0.4, -0.2) is 32.3 Å². The molecule has 7 heteroatoms. The molecule has 0 aliphatic carbocycles. The van der Waals surface area contributed by atoms with Crippen molar-refractivity contribution in [1.82, 2.24) is 19.9 Å². The third-order valence-electron chi connectivity index (χ3n) is 4.73. The number of hydrogen-bond donors (Lipinski definition) is 3. The molecule has 0 bridgehead atoms. The van der Waals surface area contributed by atoms with Crippen LogP contribution in [0.25, 0.3) is 33.3 Å². The van der Waals surface area contributed by atoms with Gasteiger partial charge in [0.25, 0.3) is 0 Å². The van der Waals surface area contributed by atoms with Crippen molar-refractivity contribution in [1.29, 1.82) is 0 Å². The molecule has 0 radical (unpaired) electrons. The largest absolute Gasteiger partial charge is 0.465 e. The number of nitrogens with one attached hydrogen (secondary N) is 1. The molecule has 0 atom stereocenters. The third kappa shape index (κ3) is 6.44. The second kappa shape index (κ2) is 10.3. The Hall–Kier alpha value is -3.61. The lowest BCUT2D eigenvalue weighted by atomic mass is 10.0. The van der Waals surface area contributed by atoms with Crippen LogP contribution in [0.1, 0.15) is 40.5 Å². The fraction of sp³-hybridized carbons (Fsp3) is 0.346. The number of nitrogens with two attached hydrogens (primary N) is 1. The zero-order valence-corrected chi connectivity index (χ0v) is 19.8. The van der Waals surface area contributed by atoms with Gasteiger partial charge in [0.1, 0.15) is 11.3 Å². The summed E-state index contributed by atoms with van der Waals surface area (Å²) in [5, 5.41) is 12.1. The van der Waals surface area contributed by atoms with Crippen molar-refractivity contribution in [3.8, 4) is 11.4 Å². The number of imidazole rings is 1. The minimum atomic E-state index is -0.997. The number of unbranched alkanes of at least 4 members (excludes halogenated alkanes) is 1. The van der Waals surface area contributed by atoms with Crippen LogP contribution in [0.5, 0.6) is 0 Å². The van der Waals surface area contributed by atoms with Gasteiger partial charge in [0.15, 0.2) is 5.82 Å². The fourth-order valence-electron chi connectivity index (χ4n) is 3.47. The molecule has 0 spiro atoms. The first-order chi connectivity index (χ1) is 15.6. The molecule has 0 fully saturated rings. The SMILES string of the molecule is CC(C)(C)C.Nc1nc2ccccc2c2c1nc(-c1ccccc1)n2CCCCNC(=O)O. The standard InChI is InChI=1S/C21H21N5O2.C5H12/c22-19-17-18(15-10-4-5-11-16(15)24-19)26(13-7-6-12-23-21(27)28)20(25-17)14-8-2-1-3-9-14;1-5(2,3)4/h1-5,8-11,23H,6-7,12-13H2,(H2,22,24)(H,27,28);1-4H3. The molecular weight excluding hydrogens is 414 g/mol. The maximum absolute atomic E-state index is 10.6. The van der Waals surface area contributed by atoms with Crippen LogP contribution >= 0.6 is 0 Å². The second-order valence-electron chi connectivity index (χ2n) is 9.60. The number of para-hydroxylation sites is 1. The first kappa shape index (κ1) is 24.0. The summed E-state index contributed by atoms with van der Waals surface area (Å²) >= 11 is 0. The van der Waals surface area contributed by atoms with E-state index >= 15 is 0 Å². The van der Waals surface area contributed by atoms with E-state index in [4.69, 9.17) is 15.8 Å². The summed E-state index contributed by atoms with van der Waals surface area (Å²) in [6, 6.07) is 17.9. The third-order valence-corrected chi connectivity index (χ3v) is 4.73. The Kier molecular flexibility index (Phi) is 7.53. The van der Waals surface area contributed by atoms with Crippen LogP contribution in [0.3, 0.4) is 0 Å². The van der Waals surface area contributed by atoms with Crippen molar-refractivity contribution >= 4 is 33.8 Å². The van der Waals surface area contributed by atoms with Gasteiger partial charge < -0.3 is 20.7 Å². The summed E-state index contributed by atoms with van der Waals surface area (Å²) in [5.41, 5.74) is 10.2. The Labute approximate surface area is 194 Å². The highest BCUT2D eigenvalue weighted by Crippen LogP contribution is 2.32. The number of anilines is 1. The van der Waals surface area contributed by atoms with Gasteiger partial charge in [-0.25, -0.2) is 14.8 Å². The molecular formula is C26H33N5O2. The number of pyridine rings is 1. The smallest absolute Gasteiger partial charge is 0.404 e. The molecule has 4 rings (SSSR count). The normalized spacial score (nSPS) is 11.3. The van der Waals surface area contributed by atoms with Crippen LogP contribution in [0, 0.1) is 5.41 Å². The number of nitrogens with zero attached hydrogens (tertiary/aromatic N) is 3. The number of hydrogen-bond acceptors (Lipinski definition) is 4. The van der Waals surface area contributed by atoms with Gasteiger partial charge in [-0.05, 0) is 24.3 Å². The van der Waals surface area contributed by atoms with E-state index in [1.807, 2.05) is 54.6 Å². The molecule has 33 heavy (non-hydrogen) atoms. The number of aryl methyl sites for hydroxylation is 1. The van der Waals surface area contributed by atoms with E-state index < -0.39 is 6.09 Å². The van der Waals surface area contributed by atoms with Gasteiger partial charge in [0.05, 0.1) is 11.0 Å². The van der Waals surface area contributed by atoms with Crippen molar-refractivity contribution in [2.75, 3.05) is 12.3 Å².